The Hall–Kier alpha value is -2.21. The third kappa shape index (κ3) is 3.17. The van der Waals surface area contributed by atoms with Gasteiger partial charge < -0.3 is 5.32 Å². The summed E-state index contributed by atoms with van der Waals surface area (Å²) in [4.78, 5) is 12.2. The maximum atomic E-state index is 12.2. The Kier molecular flexibility index (Phi) is 4.20. The minimum atomic E-state index is -0.0916. The Morgan fingerprint density at radius 2 is 1.95 bits per heavy atom. The lowest BCUT2D eigenvalue weighted by molar-refractivity contribution is -0.122. The summed E-state index contributed by atoms with van der Waals surface area (Å²) in [7, 11) is 0. The van der Waals surface area contributed by atoms with E-state index in [9.17, 15) is 4.79 Å². The van der Waals surface area contributed by atoms with E-state index in [1.165, 1.54) is 0 Å². The third-order valence-corrected chi connectivity index (χ3v) is 3.99. The summed E-state index contributed by atoms with van der Waals surface area (Å²) in [5.41, 5.74) is 2.70. The number of rotatable bonds is 4. The van der Waals surface area contributed by atoms with Crippen LogP contribution in [0.5, 0.6) is 0 Å². The number of halogens is 1. The van der Waals surface area contributed by atoms with E-state index >= 15 is 0 Å². The molecule has 0 aliphatic rings. The maximum absolute atomic E-state index is 12.2. The average Bonchev–Trinajstić information content (AvgIpc) is 2.91. The fourth-order valence-corrected chi connectivity index (χ4v) is 2.56. The fourth-order valence-electron chi connectivity index (χ4n) is 2.29. The summed E-state index contributed by atoms with van der Waals surface area (Å²) in [6.45, 7) is 2.11. The van der Waals surface area contributed by atoms with E-state index in [0.717, 1.165) is 21.1 Å². The zero-order chi connectivity index (χ0) is 15.5. The lowest BCUT2D eigenvalue weighted by Gasteiger charge is -2.14. The first-order chi connectivity index (χ1) is 10.6. The van der Waals surface area contributed by atoms with Crippen LogP contribution >= 0.6 is 15.9 Å². The lowest BCUT2D eigenvalue weighted by Crippen LogP contribution is -2.30. The fraction of sp³-hybridized carbons (Fsp3) is 0.188. The van der Waals surface area contributed by atoms with Crippen LogP contribution in [0.1, 0.15) is 18.5 Å². The molecule has 1 aromatic heterocycles. The number of fused-ring (bicyclic) bond motifs is 1. The molecule has 3 rings (SSSR count). The van der Waals surface area contributed by atoms with Crippen molar-refractivity contribution < 1.29 is 4.79 Å². The highest BCUT2D eigenvalue weighted by Crippen LogP contribution is 2.16. The van der Waals surface area contributed by atoms with Gasteiger partial charge in [0.15, 0.2) is 0 Å². The molecule has 0 radical (unpaired) electrons. The van der Waals surface area contributed by atoms with Crippen molar-refractivity contribution in [2.75, 3.05) is 0 Å². The van der Waals surface area contributed by atoms with Crippen LogP contribution in [0.2, 0.25) is 0 Å². The summed E-state index contributed by atoms with van der Waals surface area (Å²) in [6, 6.07) is 15.4. The van der Waals surface area contributed by atoms with Gasteiger partial charge in [-0.1, -0.05) is 45.4 Å². The van der Waals surface area contributed by atoms with E-state index < -0.39 is 0 Å². The Morgan fingerprint density at radius 1 is 1.23 bits per heavy atom. The molecular formula is C16H15BrN4O. The van der Waals surface area contributed by atoms with Crippen LogP contribution in [0.25, 0.3) is 11.0 Å². The number of carbonyl (C=O) groups excluding carboxylic acids is 1. The summed E-state index contributed by atoms with van der Waals surface area (Å²) in [6.07, 6.45) is 0. The molecule has 0 aliphatic heterocycles. The van der Waals surface area contributed by atoms with Crippen molar-refractivity contribution in [2.45, 2.75) is 19.5 Å². The van der Waals surface area contributed by atoms with Gasteiger partial charge in [-0.05, 0) is 36.8 Å². The molecule has 0 fully saturated rings. The molecule has 1 atom stereocenters. The summed E-state index contributed by atoms with van der Waals surface area (Å²) in [5, 5.41) is 11.0. The zero-order valence-electron chi connectivity index (χ0n) is 12.0. The van der Waals surface area contributed by atoms with E-state index in [4.69, 9.17) is 0 Å². The maximum Gasteiger partial charge on any atom is 0.242 e. The largest absolute Gasteiger partial charge is 0.348 e. The van der Waals surface area contributed by atoms with Crippen molar-refractivity contribution in [3.63, 3.8) is 0 Å². The highest BCUT2D eigenvalue weighted by molar-refractivity contribution is 9.10. The van der Waals surface area contributed by atoms with Crippen molar-refractivity contribution in [1.29, 1.82) is 0 Å². The highest BCUT2D eigenvalue weighted by Gasteiger charge is 2.12. The van der Waals surface area contributed by atoms with Gasteiger partial charge in [0.2, 0.25) is 5.91 Å². The van der Waals surface area contributed by atoms with Crippen molar-refractivity contribution in [1.82, 2.24) is 20.3 Å². The summed E-state index contributed by atoms with van der Waals surface area (Å²) in [5.74, 6) is -0.0916. The molecule has 22 heavy (non-hydrogen) atoms. The highest BCUT2D eigenvalue weighted by atomic mass is 79.9. The van der Waals surface area contributed by atoms with Crippen LogP contribution in [0.4, 0.5) is 0 Å². The quantitative estimate of drug-likeness (QED) is 0.779. The van der Waals surface area contributed by atoms with Gasteiger partial charge in [0.05, 0.1) is 11.6 Å². The number of hydrogen-bond acceptors (Lipinski definition) is 3. The number of nitrogens with zero attached hydrogens (tertiary/aromatic N) is 3. The number of para-hydroxylation sites is 1. The Balaban J connectivity index is 1.68. The van der Waals surface area contributed by atoms with Gasteiger partial charge >= 0.3 is 0 Å². The standard InChI is InChI=1S/C16H15BrN4O/c1-11(12-6-8-13(17)9-7-12)18-16(22)10-21-15-5-3-2-4-14(15)19-20-21/h2-9,11H,10H2,1H3,(H,18,22)/t11-/m0/s1. The minimum Gasteiger partial charge on any atom is -0.348 e. The van der Waals surface area contributed by atoms with Crippen LogP contribution < -0.4 is 5.32 Å². The number of amides is 1. The predicted octanol–water partition coefficient (Wildman–Crippen LogP) is 3.07. The molecule has 0 unspecified atom stereocenters. The van der Waals surface area contributed by atoms with Crippen LogP contribution in [-0.2, 0) is 11.3 Å². The van der Waals surface area contributed by atoms with Crippen LogP contribution in [-0.4, -0.2) is 20.9 Å². The first-order valence-electron chi connectivity index (χ1n) is 6.96. The second kappa shape index (κ2) is 6.27. The van der Waals surface area contributed by atoms with Crippen molar-refractivity contribution >= 4 is 32.9 Å². The number of aromatic nitrogens is 3. The average molecular weight is 359 g/mol. The van der Waals surface area contributed by atoms with Crippen LogP contribution in [0.3, 0.4) is 0 Å². The van der Waals surface area contributed by atoms with Gasteiger partial charge in [0, 0.05) is 4.47 Å². The van der Waals surface area contributed by atoms with Crippen molar-refractivity contribution in [3.05, 3.63) is 58.6 Å². The molecule has 0 bridgehead atoms. The summed E-state index contributed by atoms with van der Waals surface area (Å²) >= 11 is 3.40. The van der Waals surface area contributed by atoms with Gasteiger partial charge in [0.25, 0.3) is 0 Å². The van der Waals surface area contributed by atoms with E-state index in [-0.39, 0.29) is 18.5 Å². The van der Waals surface area contributed by atoms with E-state index in [1.54, 1.807) is 4.68 Å². The molecule has 0 spiro atoms. The Labute approximate surface area is 136 Å². The van der Waals surface area contributed by atoms with Gasteiger partial charge in [-0.2, -0.15) is 0 Å². The molecule has 0 aliphatic carbocycles. The first kappa shape index (κ1) is 14.7. The molecule has 0 saturated heterocycles. The summed E-state index contributed by atoms with van der Waals surface area (Å²) < 4.78 is 2.63. The molecule has 5 nitrogen and oxygen atoms in total. The predicted molar refractivity (Wildman–Crippen MR) is 88.2 cm³/mol. The third-order valence-electron chi connectivity index (χ3n) is 3.46. The lowest BCUT2D eigenvalue weighted by atomic mass is 10.1. The minimum absolute atomic E-state index is 0.0598. The van der Waals surface area contributed by atoms with Crippen molar-refractivity contribution in [2.24, 2.45) is 0 Å². The molecule has 3 aromatic rings. The number of benzene rings is 2. The molecule has 2 aromatic carbocycles. The molecule has 1 N–H and O–H groups in total. The second-order valence-corrected chi connectivity index (χ2v) is 5.99. The monoisotopic (exact) mass is 358 g/mol. The van der Waals surface area contributed by atoms with Gasteiger partial charge in [-0.15, -0.1) is 5.10 Å². The topological polar surface area (TPSA) is 59.8 Å². The van der Waals surface area contributed by atoms with E-state index in [0.29, 0.717) is 0 Å². The number of carbonyl (C=O) groups is 1. The molecule has 6 heteroatoms. The Bertz CT molecular complexity index is 797. The zero-order valence-corrected chi connectivity index (χ0v) is 13.6. The smallest absolute Gasteiger partial charge is 0.242 e. The first-order valence-corrected chi connectivity index (χ1v) is 7.76. The molecule has 0 saturated carbocycles. The number of nitrogens with one attached hydrogen (secondary N) is 1. The van der Waals surface area contributed by atoms with Gasteiger partial charge in [-0.3, -0.25) is 4.79 Å². The van der Waals surface area contributed by atoms with Crippen molar-refractivity contribution in [3.8, 4) is 0 Å². The van der Waals surface area contributed by atoms with E-state index in [1.807, 2.05) is 55.5 Å². The van der Waals surface area contributed by atoms with Gasteiger partial charge in [-0.25, -0.2) is 4.68 Å². The van der Waals surface area contributed by atoms with E-state index in [2.05, 4.69) is 31.6 Å². The van der Waals surface area contributed by atoms with Gasteiger partial charge in [0.1, 0.15) is 12.1 Å². The Morgan fingerprint density at radius 3 is 2.73 bits per heavy atom. The molecular weight excluding hydrogens is 344 g/mol. The van der Waals surface area contributed by atoms with Crippen LogP contribution in [0, 0.1) is 0 Å². The molecule has 1 amide bonds. The molecule has 112 valence electrons. The number of hydrogen-bond donors (Lipinski definition) is 1. The second-order valence-electron chi connectivity index (χ2n) is 5.08. The van der Waals surface area contributed by atoms with Crippen LogP contribution in [0.15, 0.2) is 53.0 Å². The normalized spacial score (nSPS) is 12.3. The molecule has 1 heterocycles. The SMILES string of the molecule is C[C@H](NC(=O)Cn1nnc2ccccc21)c1ccc(Br)cc1.